The van der Waals surface area contributed by atoms with E-state index in [1.807, 2.05) is 0 Å². The summed E-state index contributed by atoms with van der Waals surface area (Å²) >= 11 is 0. The summed E-state index contributed by atoms with van der Waals surface area (Å²) in [5.41, 5.74) is 5.92. The Morgan fingerprint density at radius 3 is 2.40 bits per heavy atom. The number of aryl methyl sites for hydroxylation is 3. The molecule has 1 heterocycles. The van der Waals surface area contributed by atoms with Gasteiger partial charge in [0.2, 0.25) is 0 Å². The minimum absolute atomic E-state index is 0.633. The second-order valence-corrected chi connectivity index (χ2v) is 5.93. The quantitative estimate of drug-likeness (QED) is 0.893. The molecule has 0 bridgehead atoms. The molecule has 0 fully saturated rings. The fourth-order valence-electron chi connectivity index (χ4n) is 2.62. The first-order valence-electron chi connectivity index (χ1n) is 7.20. The number of benzene rings is 1. The Balaban J connectivity index is 2.28. The van der Waals surface area contributed by atoms with Gasteiger partial charge in [0.25, 0.3) is 0 Å². The number of oxazole rings is 1. The monoisotopic (exact) mass is 272 g/mol. The van der Waals surface area contributed by atoms with Crippen LogP contribution in [0.1, 0.15) is 36.2 Å². The van der Waals surface area contributed by atoms with E-state index in [1.165, 1.54) is 22.3 Å². The Hall–Kier alpha value is -1.61. The van der Waals surface area contributed by atoms with E-state index in [1.54, 1.807) is 6.39 Å². The first kappa shape index (κ1) is 14.8. The van der Waals surface area contributed by atoms with E-state index in [4.69, 9.17) is 4.42 Å². The molecule has 0 spiro atoms. The van der Waals surface area contributed by atoms with Gasteiger partial charge < -0.3 is 9.73 Å². The van der Waals surface area contributed by atoms with Crippen LogP contribution in [0.15, 0.2) is 22.9 Å². The van der Waals surface area contributed by atoms with Crippen LogP contribution in [0.2, 0.25) is 0 Å². The van der Waals surface area contributed by atoms with Gasteiger partial charge in [-0.05, 0) is 44.4 Å². The van der Waals surface area contributed by atoms with Crippen molar-refractivity contribution in [2.24, 2.45) is 5.92 Å². The van der Waals surface area contributed by atoms with E-state index >= 15 is 0 Å². The molecule has 0 aliphatic heterocycles. The first-order chi connectivity index (χ1) is 9.49. The Labute approximate surface area is 121 Å². The van der Waals surface area contributed by atoms with Gasteiger partial charge in [-0.25, -0.2) is 4.98 Å². The van der Waals surface area contributed by atoms with E-state index in [9.17, 15) is 0 Å². The maximum atomic E-state index is 5.66. The van der Waals surface area contributed by atoms with Crippen LogP contribution >= 0.6 is 0 Å². The van der Waals surface area contributed by atoms with Gasteiger partial charge in [-0.1, -0.05) is 31.5 Å². The molecule has 1 aromatic heterocycles. The standard InChI is InChI=1S/C17H24N2O/c1-11(2)8-18-9-15-17(20-10-19-15)16-13(4)6-12(3)7-14(16)5/h6-7,10-11,18H,8-9H2,1-5H3. The summed E-state index contributed by atoms with van der Waals surface area (Å²) in [6.45, 7) is 12.5. The summed E-state index contributed by atoms with van der Waals surface area (Å²) in [5, 5.41) is 3.43. The minimum Gasteiger partial charge on any atom is -0.443 e. The SMILES string of the molecule is Cc1cc(C)c(-c2ocnc2CNCC(C)C)c(C)c1. The van der Waals surface area contributed by atoms with Crippen LogP contribution in [0.5, 0.6) is 0 Å². The van der Waals surface area contributed by atoms with Crippen LogP contribution in [0, 0.1) is 26.7 Å². The van der Waals surface area contributed by atoms with Crippen molar-refractivity contribution in [1.82, 2.24) is 10.3 Å². The van der Waals surface area contributed by atoms with Crippen molar-refractivity contribution in [2.75, 3.05) is 6.54 Å². The summed E-state index contributed by atoms with van der Waals surface area (Å²) < 4.78 is 5.66. The lowest BCUT2D eigenvalue weighted by molar-refractivity contribution is 0.544. The van der Waals surface area contributed by atoms with E-state index < -0.39 is 0 Å². The smallest absolute Gasteiger partial charge is 0.181 e. The zero-order chi connectivity index (χ0) is 14.7. The minimum atomic E-state index is 0.633. The van der Waals surface area contributed by atoms with Crippen LogP contribution in [-0.2, 0) is 6.54 Å². The van der Waals surface area contributed by atoms with Crippen molar-refractivity contribution in [3.05, 3.63) is 40.9 Å². The summed E-state index contributed by atoms with van der Waals surface area (Å²) in [6.07, 6.45) is 1.54. The Morgan fingerprint density at radius 1 is 1.15 bits per heavy atom. The molecule has 2 rings (SSSR count). The number of nitrogens with one attached hydrogen (secondary N) is 1. The summed E-state index contributed by atoms with van der Waals surface area (Å²) in [5.74, 6) is 1.53. The molecule has 0 atom stereocenters. The fraction of sp³-hybridized carbons (Fsp3) is 0.471. The van der Waals surface area contributed by atoms with E-state index in [2.05, 4.69) is 57.1 Å². The van der Waals surface area contributed by atoms with Gasteiger partial charge in [0.15, 0.2) is 12.2 Å². The molecule has 0 unspecified atom stereocenters. The number of hydrogen-bond donors (Lipinski definition) is 1. The highest BCUT2D eigenvalue weighted by molar-refractivity contribution is 5.68. The van der Waals surface area contributed by atoms with Crippen molar-refractivity contribution in [1.29, 1.82) is 0 Å². The van der Waals surface area contributed by atoms with Crippen molar-refractivity contribution < 1.29 is 4.42 Å². The zero-order valence-electron chi connectivity index (χ0n) is 13.1. The molecule has 0 aliphatic carbocycles. The average molecular weight is 272 g/mol. The zero-order valence-corrected chi connectivity index (χ0v) is 13.1. The third-order valence-electron chi connectivity index (χ3n) is 3.39. The van der Waals surface area contributed by atoms with Gasteiger partial charge >= 0.3 is 0 Å². The van der Waals surface area contributed by atoms with Gasteiger partial charge in [0.05, 0.1) is 0 Å². The van der Waals surface area contributed by atoms with Crippen LogP contribution in [0.4, 0.5) is 0 Å². The molecule has 2 aromatic rings. The molecule has 1 N–H and O–H groups in total. The van der Waals surface area contributed by atoms with E-state index in [0.29, 0.717) is 5.92 Å². The Bertz CT molecular complexity index is 561. The lowest BCUT2D eigenvalue weighted by atomic mass is 9.97. The lowest BCUT2D eigenvalue weighted by Crippen LogP contribution is -2.19. The van der Waals surface area contributed by atoms with Crippen LogP contribution in [0.3, 0.4) is 0 Å². The number of hydrogen-bond acceptors (Lipinski definition) is 3. The third-order valence-corrected chi connectivity index (χ3v) is 3.39. The van der Waals surface area contributed by atoms with Crippen LogP contribution < -0.4 is 5.32 Å². The molecule has 3 heteroatoms. The molecule has 0 saturated carbocycles. The number of aromatic nitrogens is 1. The van der Waals surface area contributed by atoms with Gasteiger partial charge in [0.1, 0.15) is 5.69 Å². The third kappa shape index (κ3) is 3.28. The van der Waals surface area contributed by atoms with Gasteiger partial charge in [-0.3, -0.25) is 0 Å². The molecular formula is C17H24N2O. The molecule has 0 amide bonds. The van der Waals surface area contributed by atoms with Gasteiger partial charge in [-0.2, -0.15) is 0 Å². The van der Waals surface area contributed by atoms with Gasteiger partial charge in [0, 0.05) is 12.1 Å². The van der Waals surface area contributed by atoms with Crippen LogP contribution in [-0.4, -0.2) is 11.5 Å². The van der Waals surface area contributed by atoms with Crippen LogP contribution in [0.25, 0.3) is 11.3 Å². The highest BCUT2D eigenvalue weighted by Crippen LogP contribution is 2.30. The fourth-order valence-corrected chi connectivity index (χ4v) is 2.62. The second kappa shape index (κ2) is 6.23. The van der Waals surface area contributed by atoms with E-state index in [-0.39, 0.29) is 0 Å². The van der Waals surface area contributed by atoms with Crippen molar-refractivity contribution in [2.45, 2.75) is 41.2 Å². The topological polar surface area (TPSA) is 38.1 Å². The first-order valence-corrected chi connectivity index (χ1v) is 7.20. The normalized spacial score (nSPS) is 11.3. The predicted molar refractivity (Wildman–Crippen MR) is 82.7 cm³/mol. The molecular weight excluding hydrogens is 248 g/mol. The summed E-state index contributed by atoms with van der Waals surface area (Å²) in [4.78, 5) is 4.36. The Kier molecular flexibility index (Phi) is 4.61. The average Bonchev–Trinajstić information content (AvgIpc) is 2.75. The molecule has 0 saturated heterocycles. The molecule has 3 nitrogen and oxygen atoms in total. The summed E-state index contributed by atoms with van der Waals surface area (Å²) in [7, 11) is 0. The maximum Gasteiger partial charge on any atom is 0.181 e. The Morgan fingerprint density at radius 2 is 1.80 bits per heavy atom. The molecule has 0 radical (unpaired) electrons. The van der Waals surface area contributed by atoms with E-state index in [0.717, 1.165) is 24.5 Å². The molecule has 20 heavy (non-hydrogen) atoms. The highest BCUT2D eigenvalue weighted by atomic mass is 16.3. The molecule has 0 aliphatic rings. The van der Waals surface area contributed by atoms with Gasteiger partial charge in [-0.15, -0.1) is 0 Å². The largest absolute Gasteiger partial charge is 0.443 e. The second-order valence-electron chi connectivity index (χ2n) is 5.93. The summed E-state index contributed by atoms with van der Waals surface area (Å²) in [6, 6.07) is 4.38. The van der Waals surface area contributed by atoms with Crippen molar-refractivity contribution >= 4 is 0 Å². The number of nitrogens with zero attached hydrogens (tertiary/aromatic N) is 1. The molecule has 1 aromatic carbocycles. The lowest BCUT2D eigenvalue weighted by Gasteiger charge is -2.11. The molecule has 108 valence electrons. The maximum absolute atomic E-state index is 5.66. The van der Waals surface area contributed by atoms with Crippen molar-refractivity contribution in [3.63, 3.8) is 0 Å². The number of rotatable bonds is 5. The predicted octanol–water partition coefficient (Wildman–Crippen LogP) is 4.01. The highest BCUT2D eigenvalue weighted by Gasteiger charge is 2.15. The van der Waals surface area contributed by atoms with Crippen molar-refractivity contribution in [3.8, 4) is 11.3 Å².